The zero-order valence-corrected chi connectivity index (χ0v) is 44.4. The highest BCUT2D eigenvalue weighted by Crippen LogP contribution is 2.18. The molecule has 3 unspecified atom stereocenters. The van der Waals surface area contributed by atoms with Gasteiger partial charge in [0, 0.05) is 0 Å². The number of carbonyl (C=O) groups is 1. The summed E-state index contributed by atoms with van der Waals surface area (Å²) in [7, 11) is 0. The fraction of sp³-hybridized carbons (Fsp3) is 0.950. The molecule has 5 heteroatoms. The van der Waals surface area contributed by atoms with Crippen molar-refractivity contribution in [2.45, 2.75) is 360 Å². The van der Waals surface area contributed by atoms with E-state index in [0.29, 0.717) is 12.8 Å². The Bertz CT molecular complexity index is 925. The summed E-state index contributed by atoms with van der Waals surface area (Å²) in [5.41, 5.74) is 0. The highest BCUT2D eigenvalue weighted by atomic mass is 16.3. The van der Waals surface area contributed by atoms with E-state index in [1.807, 2.05) is 0 Å². The summed E-state index contributed by atoms with van der Waals surface area (Å²) in [4.78, 5) is 12.5. The highest BCUT2D eigenvalue weighted by Gasteiger charge is 2.21. The Morgan fingerprint density at radius 3 is 0.892 bits per heavy atom. The molecule has 4 N–H and O–H groups in total. The first kappa shape index (κ1) is 64.1. The van der Waals surface area contributed by atoms with Gasteiger partial charge in [-0.2, -0.15) is 0 Å². The van der Waals surface area contributed by atoms with E-state index in [9.17, 15) is 20.1 Å². The summed E-state index contributed by atoms with van der Waals surface area (Å²) >= 11 is 0. The Labute approximate surface area is 408 Å². The molecule has 0 aromatic carbocycles. The number of allylic oxidation sites excluding steroid dienone is 2. The molecule has 0 bridgehead atoms. The van der Waals surface area contributed by atoms with Crippen LogP contribution in [0.2, 0.25) is 0 Å². The summed E-state index contributed by atoms with van der Waals surface area (Å²) in [6.45, 7) is 4.30. The molecule has 0 radical (unpaired) electrons. The SMILES string of the molecule is CCCCCCCCCCCCCCCC/C=C\CCCCCCCCCCCCCCCCCC(O)CC(=O)NC(CO)C(O)CCCCCCCCCCCCCCCCCCC. The topological polar surface area (TPSA) is 89.8 Å². The molecule has 1 amide bonds. The molecular formula is C60H119NO4. The van der Waals surface area contributed by atoms with Gasteiger partial charge < -0.3 is 20.6 Å². The zero-order chi connectivity index (χ0) is 47.2. The lowest BCUT2D eigenvalue weighted by Crippen LogP contribution is -2.46. The first-order valence-electron chi connectivity index (χ1n) is 30.0. The molecule has 0 saturated carbocycles. The molecule has 0 aliphatic heterocycles. The predicted molar refractivity (Wildman–Crippen MR) is 287 cm³/mol. The Balaban J connectivity index is 3.46. The highest BCUT2D eigenvalue weighted by molar-refractivity contribution is 5.76. The van der Waals surface area contributed by atoms with Crippen LogP contribution in [0.1, 0.15) is 341 Å². The van der Waals surface area contributed by atoms with Crippen molar-refractivity contribution in [2.75, 3.05) is 6.61 Å². The maximum atomic E-state index is 12.5. The molecule has 0 aliphatic rings. The molecule has 0 heterocycles. The Morgan fingerprint density at radius 2 is 0.615 bits per heavy atom. The van der Waals surface area contributed by atoms with Crippen LogP contribution in [-0.2, 0) is 4.79 Å². The van der Waals surface area contributed by atoms with Crippen LogP contribution in [0.5, 0.6) is 0 Å². The maximum absolute atomic E-state index is 12.5. The number of nitrogens with one attached hydrogen (secondary N) is 1. The Hall–Kier alpha value is -0.910. The lowest BCUT2D eigenvalue weighted by atomic mass is 10.0. The average Bonchev–Trinajstić information content (AvgIpc) is 3.30. The van der Waals surface area contributed by atoms with Crippen LogP contribution in [0, 0.1) is 0 Å². The molecule has 5 nitrogen and oxygen atoms in total. The van der Waals surface area contributed by atoms with E-state index in [1.54, 1.807) is 0 Å². The van der Waals surface area contributed by atoms with Crippen LogP contribution in [0.4, 0.5) is 0 Å². The lowest BCUT2D eigenvalue weighted by Gasteiger charge is -2.23. The molecule has 0 saturated heterocycles. The van der Waals surface area contributed by atoms with E-state index in [0.717, 1.165) is 25.7 Å². The van der Waals surface area contributed by atoms with E-state index in [-0.39, 0.29) is 18.9 Å². The molecule has 0 aliphatic carbocycles. The van der Waals surface area contributed by atoms with E-state index >= 15 is 0 Å². The number of hydrogen-bond acceptors (Lipinski definition) is 4. The van der Waals surface area contributed by atoms with Crippen molar-refractivity contribution in [3.8, 4) is 0 Å². The Kier molecular flexibility index (Phi) is 54.9. The van der Waals surface area contributed by atoms with Gasteiger partial charge >= 0.3 is 0 Å². The molecule has 0 rings (SSSR count). The molecule has 0 aromatic rings. The maximum Gasteiger partial charge on any atom is 0.222 e. The largest absolute Gasteiger partial charge is 0.394 e. The van der Waals surface area contributed by atoms with Gasteiger partial charge in [0.15, 0.2) is 0 Å². The monoisotopic (exact) mass is 918 g/mol. The first-order chi connectivity index (χ1) is 32.0. The van der Waals surface area contributed by atoms with Gasteiger partial charge in [0.2, 0.25) is 5.91 Å². The van der Waals surface area contributed by atoms with Crippen LogP contribution in [0.25, 0.3) is 0 Å². The fourth-order valence-corrected chi connectivity index (χ4v) is 9.76. The second kappa shape index (κ2) is 55.7. The summed E-state index contributed by atoms with van der Waals surface area (Å²) in [6.07, 6.45) is 69.6. The van der Waals surface area contributed by atoms with Crippen molar-refractivity contribution in [1.29, 1.82) is 0 Å². The third kappa shape index (κ3) is 52.3. The molecule has 65 heavy (non-hydrogen) atoms. The normalized spacial score (nSPS) is 13.2. The molecule has 3 atom stereocenters. The third-order valence-electron chi connectivity index (χ3n) is 14.3. The number of amides is 1. The molecule has 0 spiro atoms. The van der Waals surface area contributed by atoms with Crippen molar-refractivity contribution in [3.05, 3.63) is 12.2 Å². The zero-order valence-electron chi connectivity index (χ0n) is 44.4. The molecule has 388 valence electrons. The number of aliphatic hydroxyl groups is 3. The van der Waals surface area contributed by atoms with Crippen LogP contribution in [-0.4, -0.2) is 46.1 Å². The minimum Gasteiger partial charge on any atom is -0.394 e. The first-order valence-corrected chi connectivity index (χ1v) is 30.0. The van der Waals surface area contributed by atoms with Crippen LogP contribution < -0.4 is 5.32 Å². The third-order valence-corrected chi connectivity index (χ3v) is 14.3. The minimum absolute atomic E-state index is 0.0412. The van der Waals surface area contributed by atoms with Crippen molar-refractivity contribution in [3.63, 3.8) is 0 Å². The molecule has 0 aromatic heterocycles. The number of unbranched alkanes of at least 4 members (excludes halogenated alkanes) is 45. The van der Waals surface area contributed by atoms with Crippen LogP contribution in [0.3, 0.4) is 0 Å². The summed E-state index contributed by atoms with van der Waals surface area (Å²) in [5.74, 6) is -0.276. The van der Waals surface area contributed by atoms with Gasteiger partial charge in [0.05, 0.1) is 31.3 Å². The molecule has 0 fully saturated rings. The van der Waals surface area contributed by atoms with Gasteiger partial charge in [-0.05, 0) is 38.5 Å². The van der Waals surface area contributed by atoms with E-state index < -0.39 is 18.2 Å². The minimum atomic E-state index is -0.747. The van der Waals surface area contributed by atoms with Gasteiger partial charge in [-0.1, -0.05) is 309 Å². The van der Waals surface area contributed by atoms with Gasteiger partial charge in [-0.15, -0.1) is 0 Å². The van der Waals surface area contributed by atoms with Crippen LogP contribution in [0.15, 0.2) is 12.2 Å². The smallest absolute Gasteiger partial charge is 0.222 e. The summed E-state index contributed by atoms with van der Waals surface area (Å²) in [5, 5.41) is 33.6. The molecular weight excluding hydrogens is 799 g/mol. The van der Waals surface area contributed by atoms with Gasteiger partial charge in [0.1, 0.15) is 0 Å². The van der Waals surface area contributed by atoms with E-state index in [1.165, 1.54) is 283 Å². The lowest BCUT2D eigenvalue weighted by molar-refractivity contribution is -0.125. The fourth-order valence-electron chi connectivity index (χ4n) is 9.76. The van der Waals surface area contributed by atoms with E-state index in [4.69, 9.17) is 0 Å². The van der Waals surface area contributed by atoms with Gasteiger partial charge in [-0.3, -0.25) is 4.79 Å². The van der Waals surface area contributed by atoms with E-state index in [2.05, 4.69) is 31.3 Å². The van der Waals surface area contributed by atoms with Crippen molar-refractivity contribution >= 4 is 5.91 Å². The second-order valence-electron chi connectivity index (χ2n) is 21.0. The predicted octanol–water partition coefficient (Wildman–Crippen LogP) is 18.7. The van der Waals surface area contributed by atoms with Crippen LogP contribution >= 0.6 is 0 Å². The van der Waals surface area contributed by atoms with Gasteiger partial charge in [0.25, 0.3) is 0 Å². The quantitative estimate of drug-likeness (QED) is 0.0361. The number of hydrogen-bond donors (Lipinski definition) is 4. The summed E-state index contributed by atoms with van der Waals surface area (Å²) < 4.78 is 0. The Morgan fingerprint density at radius 1 is 0.369 bits per heavy atom. The average molecular weight is 919 g/mol. The number of carbonyl (C=O) groups excluding carboxylic acids is 1. The van der Waals surface area contributed by atoms with Crippen molar-refractivity contribution in [2.24, 2.45) is 0 Å². The van der Waals surface area contributed by atoms with Gasteiger partial charge in [-0.25, -0.2) is 0 Å². The second-order valence-corrected chi connectivity index (χ2v) is 21.0. The van der Waals surface area contributed by atoms with Crippen molar-refractivity contribution in [1.82, 2.24) is 5.32 Å². The number of aliphatic hydroxyl groups excluding tert-OH is 3. The standard InChI is InChI=1S/C60H119NO4/c1-3-5-7-9-11-13-15-17-19-21-22-23-24-25-26-27-28-29-30-31-32-33-34-35-36-38-39-41-43-45-47-49-51-53-57(63)55-60(65)61-58(56-62)59(64)54-52-50-48-46-44-42-40-37-20-18-16-14-12-10-8-6-4-2/h27-28,57-59,62-64H,3-26,29-56H2,1-2H3,(H,61,65)/b28-27-. The summed E-state index contributed by atoms with van der Waals surface area (Å²) in [6, 6.07) is -0.656. The van der Waals surface area contributed by atoms with Crippen molar-refractivity contribution < 1.29 is 20.1 Å². The number of rotatable bonds is 56.